The van der Waals surface area contributed by atoms with Gasteiger partial charge in [0.1, 0.15) is 5.75 Å². The summed E-state index contributed by atoms with van der Waals surface area (Å²) in [4.78, 5) is 2.50. The number of nitrogens with zero attached hydrogens (tertiary/aromatic N) is 1. The van der Waals surface area contributed by atoms with Crippen molar-refractivity contribution in [3.05, 3.63) is 29.3 Å². The van der Waals surface area contributed by atoms with Crippen LogP contribution in [0, 0.1) is 5.92 Å². The Morgan fingerprint density at radius 1 is 1.40 bits per heavy atom. The maximum absolute atomic E-state index is 10.6. The summed E-state index contributed by atoms with van der Waals surface area (Å²) in [6, 6.07) is 6.37. The van der Waals surface area contributed by atoms with Gasteiger partial charge in [0.2, 0.25) is 0 Å². The molecule has 3 unspecified atom stereocenters. The molecule has 20 heavy (non-hydrogen) atoms. The van der Waals surface area contributed by atoms with Crippen LogP contribution < -0.4 is 4.74 Å². The van der Waals surface area contributed by atoms with Crippen LogP contribution in [0.4, 0.5) is 0 Å². The summed E-state index contributed by atoms with van der Waals surface area (Å²) in [6.07, 6.45) is 4.49. The molecule has 0 aromatic heterocycles. The summed E-state index contributed by atoms with van der Waals surface area (Å²) in [5, 5.41) is 10.6. The van der Waals surface area contributed by atoms with E-state index in [-0.39, 0.29) is 12.1 Å². The topological polar surface area (TPSA) is 32.7 Å². The number of methoxy groups -OCH3 is 1. The lowest BCUT2D eigenvalue weighted by molar-refractivity contribution is 0.0724. The Kier molecular flexibility index (Phi) is 3.99. The SMILES string of the molecule is CCCC1CCN(C2Cc3ccc(OC)cc3C2O)C1. The molecule has 3 nitrogen and oxygen atoms in total. The predicted octanol–water partition coefficient (Wildman–Crippen LogP) is 2.78. The van der Waals surface area contributed by atoms with Crippen LogP contribution in [-0.2, 0) is 6.42 Å². The van der Waals surface area contributed by atoms with Crippen LogP contribution in [0.5, 0.6) is 5.75 Å². The van der Waals surface area contributed by atoms with E-state index in [0.29, 0.717) is 0 Å². The monoisotopic (exact) mass is 275 g/mol. The lowest BCUT2D eigenvalue weighted by Gasteiger charge is -2.27. The molecule has 2 aliphatic rings. The summed E-state index contributed by atoms with van der Waals surface area (Å²) in [7, 11) is 1.68. The van der Waals surface area contributed by atoms with Crippen molar-refractivity contribution < 1.29 is 9.84 Å². The van der Waals surface area contributed by atoms with Crippen LogP contribution in [-0.4, -0.2) is 36.2 Å². The van der Waals surface area contributed by atoms with Crippen LogP contribution >= 0.6 is 0 Å². The van der Waals surface area contributed by atoms with E-state index in [0.717, 1.165) is 36.7 Å². The van der Waals surface area contributed by atoms with E-state index < -0.39 is 0 Å². The van der Waals surface area contributed by atoms with E-state index in [1.165, 1.54) is 24.8 Å². The molecule has 0 saturated carbocycles. The minimum Gasteiger partial charge on any atom is -0.497 e. The molecule has 0 radical (unpaired) electrons. The molecule has 1 N–H and O–H groups in total. The van der Waals surface area contributed by atoms with Crippen molar-refractivity contribution in [1.29, 1.82) is 0 Å². The number of hydrogen-bond acceptors (Lipinski definition) is 3. The van der Waals surface area contributed by atoms with Crippen molar-refractivity contribution in [3.8, 4) is 5.75 Å². The van der Waals surface area contributed by atoms with Gasteiger partial charge >= 0.3 is 0 Å². The highest BCUT2D eigenvalue weighted by molar-refractivity contribution is 5.41. The Morgan fingerprint density at radius 2 is 2.25 bits per heavy atom. The van der Waals surface area contributed by atoms with Crippen molar-refractivity contribution in [2.45, 2.75) is 44.8 Å². The Balaban J connectivity index is 1.72. The number of aliphatic hydroxyl groups excluding tert-OH is 1. The highest BCUT2D eigenvalue weighted by atomic mass is 16.5. The zero-order valence-corrected chi connectivity index (χ0v) is 12.5. The smallest absolute Gasteiger partial charge is 0.119 e. The van der Waals surface area contributed by atoms with Gasteiger partial charge in [-0.2, -0.15) is 0 Å². The van der Waals surface area contributed by atoms with Crippen LogP contribution in [0.1, 0.15) is 43.4 Å². The Bertz CT molecular complexity index is 474. The van der Waals surface area contributed by atoms with Gasteiger partial charge in [0.25, 0.3) is 0 Å². The maximum atomic E-state index is 10.6. The number of aliphatic hydroxyl groups is 1. The first-order valence-corrected chi connectivity index (χ1v) is 7.81. The van der Waals surface area contributed by atoms with E-state index in [9.17, 15) is 5.11 Å². The second-order valence-electron chi connectivity index (χ2n) is 6.22. The summed E-state index contributed by atoms with van der Waals surface area (Å²) >= 11 is 0. The van der Waals surface area contributed by atoms with Crippen molar-refractivity contribution >= 4 is 0 Å². The van der Waals surface area contributed by atoms with Gasteiger partial charge in [0.05, 0.1) is 13.2 Å². The second kappa shape index (κ2) is 5.74. The molecule has 110 valence electrons. The van der Waals surface area contributed by atoms with Gasteiger partial charge in [-0.25, -0.2) is 0 Å². The number of likely N-dealkylation sites (tertiary alicyclic amines) is 1. The zero-order chi connectivity index (χ0) is 14.1. The lowest BCUT2D eigenvalue weighted by atomic mass is 10.0. The predicted molar refractivity (Wildman–Crippen MR) is 80.0 cm³/mol. The quantitative estimate of drug-likeness (QED) is 0.917. The minimum atomic E-state index is -0.361. The average Bonchev–Trinajstić information content (AvgIpc) is 3.04. The van der Waals surface area contributed by atoms with Gasteiger partial charge in [0.15, 0.2) is 0 Å². The number of hydrogen-bond donors (Lipinski definition) is 1. The summed E-state index contributed by atoms with van der Waals surface area (Å²) in [5.41, 5.74) is 2.34. The number of rotatable bonds is 4. The van der Waals surface area contributed by atoms with E-state index in [1.807, 2.05) is 12.1 Å². The Labute approximate surface area is 121 Å². The van der Waals surface area contributed by atoms with Crippen LogP contribution in [0.25, 0.3) is 0 Å². The van der Waals surface area contributed by atoms with Gasteiger partial charge in [-0.3, -0.25) is 4.90 Å². The van der Waals surface area contributed by atoms with E-state index >= 15 is 0 Å². The molecular formula is C17H25NO2. The minimum absolute atomic E-state index is 0.263. The Hall–Kier alpha value is -1.06. The third kappa shape index (κ3) is 2.45. The summed E-state index contributed by atoms with van der Waals surface area (Å²) in [5.74, 6) is 1.67. The molecule has 1 saturated heterocycles. The van der Waals surface area contributed by atoms with Crippen LogP contribution in [0.2, 0.25) is 0 Å². The fraction of sp³-hybridized carbons (Fsp3) is 0.647. The number of benzene rings is 1. The molecule has 1 fully saturated rings. The second-order valence-corrected chi connectivity index (χ2v) is 6.22. The molecule has 0 bridgehead atoms. The molecule has 0 spiro atoms. The van der Waals surface area contributed by atoms with E-state index in [2.05, 4.69) is 17.9 Å². The van der Waals surface area contributed by atoms with Gasteiger partial charge < -0.3 is 9.84 Å². The van der Waals surface area contributed by atoms with Gasteiger partial charge in [0, 0.05) is 12.6 Å². The summed E-state index contributed by atoms with van der Waals surface area (Å²) < 4.78 is 5.27. The van der Waals surface area contributed by atoms with Gasteiger partial charge in [-0.1, -0.05) is 19.4 Å². The molecule has 3 heteroatoms. The first kappa shape index (κ1) is 13.9. The van der Waals surface area contributed by atoms with Crippen molar-refractivity contribution in [3.63, 3.8) is 0 Å². The van der Waals surface area contributed by atoms with Crippen molar-refractivity contribution in [1.82, 2.24) is 4.90 Å². The van der Waals surface area contributed by atoms with Crippen LogP contribution in [0.3, 0.4) is 0 Å². The van der Waals surface area contributed by atoms with Gasteiger partial charge in [-0.05, 0) is 55.0 Å². The van der Waals surface area contributed by atoms with Crippen LogP contribution in [0.15, 0.2) is 18.2 Å². The third-order valence-corrected chi connectivity index (χ3v) is 4.95. The highest BCUT2D eigenvalue weighted by Crippen LogP contribution is 2.38. The fourth-order valence-corrected chi connectivity index (χ4v) is 3.84. The maximum Gasteiger partial charge on any atom is 0.119 e. The molecule has 1 aliphatic heterocycles. The number of fused-ring (bicyclic) bond motifs is 1. The molecule has 1 heterocycles. The lowest BCUT2D eigenvalue weighted by Crippen LogP contribution is -2.36. The molecule has 3 atom stereocenters. The Morgan fingerprint density at radius 3 is 3.00 bits per heavy atom. The molecule has 1 aromatic carbocycles. The molecule has 0 amide bonds. The normalized spacial score (nSPS) is 29.6. The molecule has 1 aliphatic carbocycles. The van der Waals surface area contributed by atoms with Crippen molar-refractivity contribution in [2.24, 2.45) is 5.92 Å². The molecule has 3 rings (SSSR count). The van der Waals surface area contributed by atoms with Crippen molar-refractivity contribution in [2.75, 3.05) is 20.2 Å². The molecule has 1 aromatic rings. The first-order chi connectivity index (χ1) is 9.72. The zero-order valence-electron chi connectivity index (χ0n) is 12.5. The first-order valence-electron chi connectivity index (χ1n) is 7.81. The largest absolute Gasteiger partial charge is 0.497 e. The average molecular weight is 275 g/mol. The van der Waals surface area contributed by atoms with E-state index in [1.54, 1.807) is 7.11 Å². The fourth-order valence-electron chi connectivity index (χ4n) is 3.84. The van der Waals surface area contributed by atoms with Gasteiger partial charge in [-0.15, -0.1) is 0 Å². The summed E-state index contributed by atoms with van der Waals surface area (Å²) in [6.45, 7) is 4.55. The van der Waals surface area contributed by atoms with E-state index in [4.69, 9.17) is 4.74 Å². The molecular weight excluding hydrogens is 250 g/mol. The highest BCUT2D eigenvalue weighted by Gasteiger charge is 2.38. The number of ether oxygens (including phenoxy) is 1. The third-order valence-electron chi connectivity index (χ3n) is 4.95. The standard InChI is InChI=1S/C17H25NO2/c1-3-4-12-7-8-18(11-12)16-9-13-5-6-14(20-2)10-15(13)17(16)19/h5-6,10,12,16-17,19H,3-4,7-9,11H2,1-2H3.